The number of halogens is 1. The first kappa shape index (κ1) is 28.8. The normalized spacial score (nSPS) is 19.3. The number of benzene rings is 3. The molecule has 5 aromatic rings. The standard InChI is InChI=1S/C34H30FN5O4S/c1-20-24-11-7-6-8-21(24)14-15-39(20)34(42)30-18-31(22-9-4-3-5-10-22)40-32(36-30)19-29(37-40)25-13-12-23(16-28(25)35)26-17-27(26)33(41)38-45(2,43)44/h3-13,16,18-20,26-27H,14-15,17H2,1-2H3,(H,38,41)/t20-,26+,27+/m1/s1. The van der Waals surface area contributed by atoms with Gasteiger partial charge in [0.15, 0.2) is 5.65 Å². The zero-order valence-electron chi connectivity index (χ0n) is 24.6. The molecule has 1 N–H and O–H groups in total. The minimum atomic E-state index is -3.67. The van der Waals surface area contributed by atoms with Crippen molar-refractivity contribution < 1.29 is 22.4 Å². The van der Waals surface area contributed by atoms with Gasteiger partial charge in [-0.3, -0.25) is 14.3 Å². The molecule has 2 amide bonds. The van der Waals surface area contributed by atoms with Crippen molar-refractivity contribution in [3.63, 3.8) is 0 Å². The maximum atomic E-state index is 15.6. The summed E-state index contributed by atoms with van der Waals surface area (Å²) in [6, 6.07) is 25.7. The largest absolute Gasteiger partial charge is 0.330 e. The van der Waals surface area contributed by atoms with Gasteiger partial charge < -0.3 is 4.90 Å². The van der Waals surface area contributed by atoms with Crippen LogP contribution in [0.5, 0.6) is 0 Å². The number of carbonyl (C=O) groups is 2. The third-order valence-corrected chi connectivity index (χ3v) is 9.25. The van der Waals surface area contributed by atoms with E-state index in [0.717, 1.165) is 23.8 Å². The molecule has 45 heavy (non-hydrogen) atoms. The Balaban J connectivity index is 1.23. The Morgan fingerprint density at radius 2 is 1.73 bits per heavy atom. The lowest BCUT2D eigenvalue weighted by Crippen LogP contribution is -2.39. The van der Waals surface area contributed by atoms with Crippen molar-refractivity contribution >= 4 is 27.5 Å². The molecule has 9 nitrogen and oxygen atoms in total. The molecular weight excluding hydrogens is 593 g/mol. The lowest BCUT2D eigenvalue weighted by molar-refractivity contribution is -0.120. The number of aromatic nitrogens is 3. The van der Waals surface area contributed by atoms with Gasteiger partial charge in [0.1, 0.15) is 11.5 Å². The average molecular weight is 624 g/mol. The van der Waals surface area contributed by atoms with E-state index in [4.69, 9.17) is 10.1 Å². The second-order valence-corrected chi connectivity index (χ2v) is 13.5. The van der Waals surface area contributed by atoms with E-state index < -0.39 is 27.7 Å². The molecule has 1 aliphatic heterocycles. The minimum Gasteiger partial charge on any atom is -0.330 e. The Bertz CT molecular complexity index is 2100. The quantitative estimate of drug-likeness (QED) is 0.280. The number of carbonyl (C=O) groups excluding carboxylic acids is 2. The summed E-state index contributed by atoms with van der Waals surface area (Å²) in [7, 11) is -3.67. The van der Waals surface area contributed by atoms with Crippen LogP contribution in [0.1, 0.15) is 52.5 Å². The molecule has 1 saturated carbocycles. The summed E-state index contributed by atoms with van der Waals surface area (Å²) >= 11 is 0. The smallest absolute Gasteiger partial charge is 0.273 e. The number of rotatable bonds is 6. The number of nitrogens with one attached hydrogen (secondary N) is 1. The molecule has 0 spiro atoms. The van der Waals surface area contributed by atoms with Crippen LogP contribution >= 0.6 is 0 Å². The SMILES string of the molecule is C[C@@H]1c2ccccc2CCN1C(=O)c1cc(-c2ccccc2)n2nc(-c3ccc([C@@H]4C[C@@H]4C(=O)NS(C)(=O)=O)cc3F)cc2n1. The molecule has 1 aliphatic carbocycles. The summed E-state index contributed by atoms with van der Waals surface area (Å²) in [5, 5.41) is 4.71. The summed E-state index contributed by atoms with van der Waals surface area (Å²) in [6.07, 6.45) is 2.13. The molecule has 0 unspecified atom stereocenters. The molecule has 0 radical (unpaired) electrons. The number of nitrogens with zero attached hydrogens (tertiary/aromatic N) is 4. The van der Waals surface area contributed by atoms with Gasteiger partial charge in [-0.25, -0.2) is 22.3 Å². The maximum Gasteiger partial charge on any atom is 0.273 e. The number of amides is 2. The Morgan fingerprint density at radius 3 is 2.49 bits per heavy atom. The Hall–Kier alpha value is -4.90. The summed E-state index contributed by atoms with van der Waals surface area (Å²) < 4.78 is 42.0. The van der Waals surface area contributed by atoms with Gasteiger partial charge in [-0.2, -0.15) is 5.10 Å². The fourth-order valence-corrected chi connectivity index (χ4v) is 6.82. The molecule has 3 aromatic carbocycles. The van der Waals surface area contributed by atoms with Gasteiger partial charge in [0.05, 0.1) is 23.7 Å². The summed E-state index contributed by atoms with van der Waals surface area (Å²) in [5.41, 5.74) is 5.73. The van der Waals surface area contributed by atoms with Gasteiger partial charge >= 0.3 is 0 Å². The van der Waals surface area contributed by atoms with Gasteiger partial charge in [0.25, 0.3) is 5.91 Å². The third-order valence-electron chi connectivity index (χ3n) is 8.68. The van der Waals surface area contributed by atoms with E-state index in [2.05, 4.69) is 12.1 Å². The summed E-state index contributed by atoms with van der Waals surface area (Å²) in [6.45, 7) is 2.60. The van der Waals surface area contributed by atoms with Crippen LogP contribution in [0.2, 0.25) is 0 Å². The second kappa shape index (κ2) is 10.9. The van der Waals surface area contributed by atoms with Crippen molar-refractivity contribution in [1.82, 2.24) is 24.2 Å². The average Bonchev–Trinajstić information content (AvgIpc) is 3.72. The molecule has 1 fully saturated rings. The van der Waals surface area contributed by atoms with Crippen LogP contribution in [0.3, 0.4) is 0 Å². The predicted molar refractivity (Wildman–Crippen MR) is 167 cm³/mol. The molecular formula is C34H30FN5O4S. The molecule has 2 aliphatic rings. The first-order valence-corrected chi connectivity index (χ1v) is 16.6. The molecule has 2 aromatic heterocycles. The highest BCUT2D eigenvalue weighted by atomic mass is 32.2. The number of hydrogen-bond donors (Lipinski definition) is 1. The van der Waals surface area contributed by atoms with E-state index in [1.807, 2.05) is 59.0 Å². The predicted octanol–water partition coefficient (Wildman–Crippen LogP) is 5.14. The van der Waals surface area contributed by atoms with Crippen molar-refractivity contribution in [1.29, 1.82) is 0 Å². The Morgan fingerprint density at radius 1 is 0.978 bits per heavy atom. The lowest BCUT2D eigenvalue weighted by atomic mass is 9.93. The van der Waals surface area contributed by atoms with E-state index in [0.29, 0.717) is 35.6 Å². The molecule has 0 saturated heterocycles. The van der Waals surface area contributed by atoms with Crippen LogP contribution in [0, 0.1) is 11.7 Å². The monoisotopic (exact) mass is 623 g/mol. The van der Waals surface area contributed by atoms with Crippen LogP contribution in [-0.4, -0.2) is 52.5 Å². The van der Waals surface area contributed by atoms with E-state index in [-0.39, 0.29) is 29.1 Å². The first-order valence-electron chi connectivity index (χ1n) is 14.7. The van der Waals surface area contributed by atoms with E-state index in [1.165, 1.54) is 11.6 Å². The van der Waals surface area contributed by atoms with Crippen molar-refractivity contribution in [2.24, 2.45) is 5.92 Å². The van der Waals surface area contributed by atoms with E-state index in [1.54, 1.807) is 28.8 Å². The van der Waals surface area contributed by atoms with Gasteiger partial charge in [0.2, 0.25) is 15.9 Å². The van der Waals surface area contributed by atoms with Crippen molar-refractivity contribution in [2.75, 3.05) is 12.8 Å². The van der Waals surface area contributed by atoms with E-state index >= 15 is 4.39 Å². The van der Waals surface area contributed by atoms with E-state index in [9.17, 15) is 18.0 Å². The molecule has 0 bridgehead atoms. The van der Waals surface area contributed by atoms with Crippen molar-refractivity contribution in [2.45, 2.75) is 31.7 Å². The maximum absolute atomic E-state index is 15.6. The zero-order valence-corrected chi connectivity index (χ0v) is 25.5. The molecule has 228 valence electrons. The van der Waals surface area contributed by atoms with Crippen molar-refractivity contribution in [3.05, 3.63) is 113 Å². The van der Waals surface area contributed by atoms with Crippen LogP contribution in [-0.2, 0) is 21.2 Å². The summed E-state index contributed by atoms with van der Waals surface area (Å²) in [4.78, 5) is 32.7. The minimum absolute atomic E-state index is 0.114. The molecule has 11 heteroatoms. The van der Waals surface area contributed by atoms with Crippen LogP contribution in [0.15, 0.2) is 84.9 Å². The molecule has 3 atom stereocenters. The molecule has 7 rings (SSSR count). The highest BCUT2D eigenvalue weighted by molar-refractivity contribution is 7.89. The fraction of sp³-hybridized carbons (Fsp3) is 0.235. The van der Waals surface area contributed by atoms with Crippen LogP contribution in [0.25, 0.3) is 28.2 Å². The topological polar surface area (TPSA) is 114 Å². The molecule has 3 heterocycles. The van der Waals surface area contributed by atoms with Gasteiger partial charge in [-0.1, -0.05) is 60.7 Å². The number of hydrogen-bond acceptors (Lipinski definition) is 6. The summed E-state index contributed by atoms with van der Waals surface area (Å²) in [5.74, 6) is -2.08. The lowest BCUT2D eigenvalue weighted by Gasteiger charge is -2.35. The third kappa shape index (κ3) is 5.48. The number of fused-ring (bicyclic) bond motifs is 2. The van der Waals surface area contributed by atoms with Gasteiger partial charge in [-0.15, -0.1) is 0 Å². The Kier molecular flexibility index (Phi) is 7.00. The van der Waals surface area contributed by atoms with Gasteiger partial charge in [-0.05, 0) is 60.6 Å². The van der Waals surface area contributed by atoms with Crippen molar-refractivity contribution in [3.8, 4) is 22.5 Å². The number of sulfonamides is 1. The second-order valence-electron chi connectivity index (χ2n) is 11.7. The highest BCUT2D eigenvalue weighted by Gasteiger charge is 2.45. The zero-order chi connectivity index (χ0) is 31.5. The Labute approximate surface area is 259 Å². The fourth-order valence-electron chi connectivity index (χ4n) is 6.31. The van der Waals surface area contributed by atoms with Crippen LogP contribution < -0.4 is 4.72 Å². The van der Waals surface area contributed by atoms with Crippen LogP contribution in [0.4, 0.5) is 4.39 Å². The highest BCUT2D eigenvalue weighted by Crippen LogP contribution is 2.48. The van der Waals surface area contributed by atoms with Gasteiger partial charge in [0, 0.05) is 29.7 Å². The first-order chi connectivity index (χ1) is 21.6.